The van der Waals surface area contributed by atoms with Gasteiger partial charge in [-0.1, -0.05) is 24.3 Å². The lowest BCUT2D eigenvalue weighted by Crippen LogP contribution is -2.07. The maximum Gasteiger partial charge on any atom is 0.342 e. The van der Waals surface area contributed by atoms with Crippen LogP contribution in [-0.2, 0) is 20.3 Å². The van der Waals surface area contributed by atoms with Crippen molar-refractivity contribution in [3.63, 3.8) is 0 Å². The molecule has 0 aliphatic heterocycles. The second-order valence-corrected chi connectivity index (χ2v) is 8.07. The van der Waals surface area contributed by atoms with Gasteiger partial charge in [0.25, 0.3) is 0 Å². The second-order valence-electron chi connectivity index (χ2n) is 6.11. The van der Waals surface area contributed by atoms with Gasteiger partial charge in [-0.05, 0) is 50.1 Å². The number of fused-ring (bicyclic) bond motifs is 1. The number of sulfone groups is 1. The summed E-state index contributed by atoms with van der Waals surface area (Å²) in [6.07, 6.45) is 0. The summed E-state index contributed by atoms with van der Waals surface area (Å²) in [6, 6.07) is 12.0. The first kappa shape index (κ1) is 18.2. The Labute approximate surface area is 152 Å². The number of benzene rings is 2. The predicted octanol–water partition coefficient (Wildman–Crippen LogP) is 4.20. The molecule has 0 aliphatic carbocycles. The molecule has 3 aromatic rings. The van der Waals surface area contributed by atoms with Crippen LogP contribution in [0.5, 0.6) is 0 Å². The minimum absolute atomic E-state index is 0.152. The normalized spacial score (nSPS) is 11.7. The fourth-order valence-corrected chi connectivity index (χ4v) is 4.63. The quantitative estimate of drug-likeness (QED) is 0.628. The molecule has 2 aromatic carbocycles. The van der Waals surface area contributed by atoms with Crippen LogP contribution in [-0.4, -0.2) is 21.0 Å². The first-order valence-electron chi connectivity index (χ1n) is 8.31. The Bertz CT molecular complexity index is 1080. The smallest absolute Gasteiger partial charge is 0.342 e. The maximum absolute atomic E-state index is 12.8. The molecule has 5 nitrogen and oxygen atoms in total. The molecular weight excluding hydrogens is 352 g/mol. The summed E-state index contributed by atoms with van der Waals surface area (Å²) in [6.45, 7) is 5.45. The number of carbonyl (C=O) groups excluding carboxylic acids is 1. The van der Waals surface area contributed by atoms with Crippen LogP contribution in [0.4, 0.5) is 0 Å². The lowest BCUT2D eigenvalue weighted by molar-refractivity contribution is 0.0526. The zero-order valence-electron chi connectivity index (χ0n) is 14.9. The van der Waals surface area contributed by atoms with Gasteiger partial charge in [-0.25, -0.2) is 13.2 Å². The average Bonchev–Trinajstić information content (AvgIpc) is 2.90. The van der Waals surface area contributed by atoms with E-state index >= 15 is 0 Å². The van der Waals surface area contributed by atoms with Gasteiger partial charge in [-0.15, -0.1) is 0 Å². The van der Waals surface area contributed by atoms with Crippen LogP contribution < -0.4 is 0 Å². The molecule has 0 saturated heterocycles. The predicted molar refractivity (Wildman–Crippen MR) is 99.0 cm³/mol. The van der Waals surface area contributed by atoms with E-state index in [1.165, 1.54) is 0 Å². The van der Waals surface area contributed by atoms with Crippen molar-refractivity contribution in [3.8, 4) is 0 Å². The highest BCUT2D eigenvalue weighted by Crippen LogP contribution is 2.29. The van der Waals surface area contributed by atoms with Gasteiger partial charge in [0.1, 0.15) is 16.9 Å². The summed E-state index contributed by atoms with van der Waals surface area (Å²) in [5.74, 6) is -0.166. The number of hydrogen-bond donors (Lipinski definition) is 0. The van der Waals surface area contributed by atoms with Crippen molar-refractivity contribution >= 4 is 26.8 Å². The number of furan rings is 1. The highest BCUT2D eigenvalue weighted by atomic mass is 32.2. The van der Waals surface area contributed by atoms with E-state index in [1.54, 1.807) is 63.2 Å². The van der Waals surface area contributed by atoms with Gasteiger partial charge in [0, 0.05) is 5.39 Å². The van der Waals surface area contributed by atoms with E-state index in [9.17, 15) is 13.2 Å². The number of hydrogen-bond acceptors (Lipinski definition) is 5. The van der Waals surface area contributed by atoms with Crippen LogP contribution in [0.2, 0.25) is 0 Å². The third kappa shape index (κ3) is 3.37. The molecule has 0 N–H and O–H groups in total. The molecule has 0 saturated carbocycles. The third-order valence-corrected chi connectivity index (χ3v) is 6.03. The van der Waals surface area contributed by atoms with Gasteiger partial charge >= 0.3 is 5.97 Å². The maximum atomic E-state index is 12.8. The first-order valence-corrected chi connectivity index (χ1v) is 9.96. The highest BCUT2D eigenvalue weighted by molar-refractivity contribution is 7.90. The van der Waals surface area contributed by atoms with Crippen LogP contribution in [0.15, 0.2) is 51.8 Å². The second kappa shape index (κ2) is 6.96. The Kier molecular flexibility index (Phi) is 4.87. The Morgan fingerprint density at radius 2 is 1.85 bits per heavy atom. The Hall–Kier alpha value is -2.60. The van der Waals surface area contributed by atoms with Gasteiger partial charge in [-0.3, -0.25) is 0 Å². The van der Waals surface area contributed by atoms with Crippen molar-refractivity contribution in [2.45, 2.75) is 31.4 Å². The average molecular weight is 372 g/mol. The molecule has 0 radical (unpaired) electrons. The summed E-state index contributed by atoms with van der Waals surface area (Å²) < 4.78 is 36.2. The Morgan fingerprint density at radius 3 is 2.54 bits per heavy atom. The minimum Gasteiger partial charge on any atom is -0.462 e. The molecule has 0 aliphatic rings. The topological polar surface area (TPSA) is 73.6 Å². The van der Waals surface area contributed by atoms with Gasteiger partial charge in [0.2, 0.25) is 0 Å². The number of aryl methyl sites for hydroxylation is 2. The summed E-state index contributed by atoms with van der Waals surface area (Å²) in [5.41, 5.74) is 2.17. The first-order chi connectivity index (χ1) is 12.3. The molecule has 0 atom stereocenters. The fourth-order valence-electron chi connectivity index (χ4n) is 3.02. The standard InChI is InChI=1S/C20H20O5S/c1-4-24-20(21)19-14(3)25-17-10-9-15(11-16(17)19)12-26(22,23)18-8-6-5-7-13(18)2/h5-11H,4,12H2,1-3H3. The van der Waals surface area contributed by atoms with Crippen LogP contribution in [0, 0.1) is 13.8 Å². The zero-order valence-corrected chi connectivity index (χ0v) is 15.7. The molecule has 0 bridgehead atoms. The van der Waals surface area contributed by atoms with E-state index in [2.05, 4.69) is 0 Å². The molecular formula is C20H20O5S. The number of esters is 1. The van der Waals surface area contributed by atoms with E-state index in [-0.39, 0.29) is 12.4 Å². The zero-order chi connectivity index (χ0) is 18.9. The van der Waals surface area contributed by atoms with Crippen molar-refractivity contribution in [1.29, 1.82) is 0 Å². The van der Waals surface area contributed by atoms with Gasteiger partial charge in [0.15, 0.2) is 9.84 Å². The molecule has 3 rings (SSSR count). The van der Waals surface area contributed by atoms with Gasteiger partial charge in [0.05, 0.1) is 17.3 Å². The molecule has 1 heterocycles. The van der Waals surface area contributed by atoms with E-state index in [0.29, 0.717) is 38.3 Å². The summed E-state index contributed by atoms with van der Waals surface area (Å²) >= 11 is 0. The van der Waals surface area contributed by atoms with Crippen molar-refractivity contribution < 1.29 is 22.4 Å². The molecule has 26 heavy (non-hydrogen) atoms. The molecule has 1 aromatic heterocycles. The largest absolute Gasteiger partial charge is 0.462 e. The number of ether oxygens (including phenoxy) is 1. The summed E-state index contributed by atoms with van der Waals surface area (Å²) in [7, 11) is -3.50. The number of carbonyl (C=O) groups is 1. The Morgan fingerprint density at radius 1 is 1.12 bits per heavy atom. The third-order valence-electron chi connectivity index (χ3n) is 4.19. The van der Waals surface area contributed by atoms with E-state index in [0.717, 1.165) is 0 Å². The molecule has 136 valence electrons. The Balaban J connectivity index is 2.03. The minimum atomic E-state index is -3.50. The summed E-state index contributed by atoms with van der Waals surface area (Å²) in [4.78, 5) is 12.5. The van der Waals surface area contributed by atoms with E-state index in [1.807, 2.05) is 0 Å². The van der Waals surface area contributed by atoms with E-state index < -0.39 is 15.8 Å². The van der Waals surface area contributed by atoms with Crippen molar-refractivity contribution in [3.05, 3.63) is 64.9 Å². The molecule has 6 heteroatoms. The number of rotatable bonds is 5. The van der Waals surface area contributed by atoms with Crippen LogP contribution in [0.3, 0.4) is 0 Å². The molecule has 0 amide bonds. The van der Waals surface area contributed by atoms with Crippen molar-refractivity contribution in [2.75, 3.05) is 6.61 Å². The highest BCUT2D eigenvalue weighted by Gasteiger charge is 2.22. The lowest BCUT2D eigenvalue weighted by atomic mass is 10.1. The lowest BCUT2D eigenvalue weighted by Gasteiger charge is -2.08. The van der Waals surface area contributed by atoms with Crippen LogP contribution in [0.25, 0.3) is 11.0 Å². The molecule has 0 unspecified atom stereocenters. The SMILES string of the molecule is CCOC(=O)c1c(C)oc2ccc(CS(=O)(=O)c3ccccc3C)cc12. The van der Waals surface area contributed by atoms with Gasteiger partial charge in [-0.2, -0.15) is 0 Å². The van der Waals surface area contributed by atoms with Crippen molar-refractivity contribution in [1.82, 2.24) is 0 Å². The van der Waals surface area contributed by atoms with Crippen molar-refractivity contribution in [2.24, 2.45) is 0 Å². The monoisotopic (exact) mass is 372 g/mol. The van der Waals surface area contributed by atoms with E-state index in [4.69, 9.17) is 9.15 Å². The summed E-state index contributed by atoms with van der Waals surface area (Å²) in [5, 5.41) is 0.568. The van der Waals surface area contributed by atoms with Gasteiger partial charge < -0.3 is 9.15 Å². The molecule has 0 fully saturated rings. The van der Waals surface area contributed by atoms with Crippen LogP contribution >= 0.6 is 0 Å². The fraction of sp³-hybridized carbons (Fsp3) is 0.250. The molecule has 0 spiro atoms. The van der Waals surface area contributed by atoms with Crippen LogP contribution in [0.1, 0.15) is 34.2 Å².